The van der Waals surface area contributed by atoms with E-state index in [-0.39, 0.29) is 6.10 Å². The fourth-order valence-corrected chi connectivity index (χ4v) is 1.67. The van der Waals surface area contributed by atoms with Crippen molar-refractivity contribution in [3.63, 3.8) is 0 Å². The maximum Gasteiger partial charge on any atom is 0.142 e. The van der Waals surface area contributed by atoms with Crippen LogP contribution in [0.2, 0.25) is 0 Å². The molecule has 3 heteroatoms. The van der Waals surface area contributed by atoms with E-state index in [1.54, 1.807) is 0 Å². The minimum Gasteiger partial charge on any atom is -0.487 e. The molecule has 3 N–H and O–H groups in total. The lowest BCUT2D eigenvalue weighted by molar-refractivity contribution is 0.138. The first-order valence-electron chi connectivity index (χ1n) is 6.44. The van der Waals surface area contributed by atoms with Gasteiger partial charge in [0.15, 0.2) is 0 Å². The third kappa shape index (κ3) is 5.09. The second kappa shape index (κ2) is 7.96. The summed E-state index contributed by atoms with van der Waals surface area (Å²) in [7, 11) is 0. The van der Waals surface area contributed by atoms with Crippen molar-refractivity contribution in [1.29, 1.82) is 0 Å². The minimum atomic E-state index is 0.249. The van der Waals surface area contributed by atoms with Crippen molar-refractivity contribution in [3.8, 4) is 0 Å². The Morgan fingerprint density at radius 3 is 2.94 bits per heavy atom. The molecule has 0 spiro atoms. The van der Waals surface area contributed by atoms with E-state index in [0.29, 0.717) is 5.70 Å². The van der Waals surface area contributed by atoms with Crippen LogP contribution >= 0.6 is 0 Å². The van der Waals surface area contributed by atoms with Gasteiger partial charge in [0.1, 0.15) is 11.9 Å². The third-order valence-corrected chi connectivity index (χ3v) is 2.74. The molecule has 17 heavy (non-hydrogen) atoms. The lowest BCUT2D eigenvalue weighted by atomic mass is 10.2. The Bertz CT molecular complexity index is 299. The average molecular weight is 236 g/mol. The van der Waals surface area contributed by atoms with Crippen LogP contribution in [0.5, 0.6) is 0 Å². The summed E-state index contributed by atoms with van der Waals surface area (Å²) >= 11 is 0. The SMILES string of the molecule is C\C=C(N)/C(=C\C=C\CCC)O[C@@H]1CCNC1. The van der Waals surface area contributed by atoms with Crippen LogP contribution in [-0.2, 0) is 4.74 Å². The summed E-state index contributed by atoms with van der Waals surface area (Å²) in [5.41, 5.74) is 6.63. The van der Waals surface area contributed by atoms with Crippen LogP contribution in [0.1, 0.15) is 33.1 Å². The van der Waals surface area contributed by atoms with Gasteiger partial charge in [-0.2, -0.15) is 0 Å². The highest BCUT2D eigenvalue weighted by Gasteiger charge is 2.17. The van der Waals surface area contributed by atoms with Crippen molar-refractivity contribution in [1.82, 2.24) is 5.32 Å². The van der Waals surface area contributed by atoms with Crippen molar-refractivity contribution in [2.24, 2.45) is 5.73 Å². The highest BCUT2D eigenvalue weighted by Crippen LogP contribution is 2.14. The fraction of sp³-hybridized carbons (Fsp3) is 0.571. The average Bonchev–Trinajstić information content (AvgIpc) is 2.85. The van der Waals surface area contributed by atoms with Crippen molar-refractivity contribution in [3.05, 3.63) is 35.8 Å². The first kappa shape index (κ1) is 13.8. The Hall–Kier alpha value is -1.22. The number of nitrogens with one attached hydrogen (secondary N) is 1. The third-order valence-electron chi connectivity index (χ3n) is 2.74. The molecule has 0 aromatic heterocycles. The lowest BCUT2D eigenvalue weighted by Crippen LogP contribution is -2.18. The molecule has 1 saturated heterocycles. The van der Waals surface area contributed by atoms with Crippen molar-refractivity contribution in [2.45, 2.75) is 39.2 Å². The zero-order valence-corrected chi connectivity index (χ0v) is 10.9. The Morgan fingerprint density at radius 2 is 2.35 bits per heavy atom. The van der Waals surface area contributed by atoms with E-state index >= 15 is 0 Å². The largest absolute Gasteiger partial charge is 0.487 e. The van der Waals surface area contributed by atoms with Gasteiger partial charge in [0, 0.05) is 6.54 Å². The highest BCUT2D eigenvalue weighted by molar-refractivity contribution is 5.26. The summed E-state index contributed by atoms with van der Waals surface area (Å²) in [6.45, 7) is 6.03. The van der Waals surface area contributed by atoms with Crippen molar-refractivity contribution < 1.29 is 4.74 Å². The number of unbranched alkanes of at least 4 members (excludes halogenated alkanes) is 1. The van der Waals surface area contributed by atoms with E-state index in [1.165, 1.54) is 0 Å². The van der Waals surface area contributed by atoms with Crippen LogP contribution in [0.25, 0.3) is 0 Å². The zero-order chi connectivity index (χ0) is 12.5. The molecule has 0 amide bonds. The van der Waals surface area contributed by atoms with Crippen LogP contribution in [0.4, 0.5) is 0 Å². The summed E-state index contributed by atoms with van der Waals surface area (Å²) in [6.07, 6.45) is 11.5. The Balaban J connectivity index is 2.59. The number of hydrogen-bond donors (Lipinski definition) is 2. The van der Waals surface area contributed by atoms with E-state index in [1.807, 2.05) is 25.2 Å². The first-order valence-corrected chi connectivity index (χ1v) is 6.44. The summed E-state index contributed by atoms with van der Waals surface area (Å²) in [6, 6.07) is 0. The number of hydrogen-bond acceptors (Lipinski definition) is 3. The molecule has 1 aliphatic rings. The quantitative estimate of drug-likeness (QED) is 0.550. The second-order valence-corrected chi connectivity index (χ2v) is 4.22. The van der Waals surface area contributed by atoms with Gasteiger partial charge < -0.3 is 15.8 Å². The molecule has 1 aliphatic heterocycles. The van der Waals surface area contributed by atoms with Crippen molar-refractivity contribution in [2.75, 3.05) is 13.1 Å². The maximum atomic E-state index is 5.92. The standard InChI is InChI=1S/C14H24N2O/c1-3-5-6-7-8-14(13(15)4-2)17-12-9-10-16-11-12/h4,6-8,12,16H,3,5,9-11,15H2,1-2H3/b7-6+,13-4+,14-8+/t12-/m1/s1. The molecule has 1 atom stereocenters. The van der Waals surface area contributed by atoms with E-state index in [0.717, 1.165) is 38.1 Å². The van der Waals surface area contributed by atoms with Gasteiger partial charge in [0.05, 0.1) is 5.70 Å². The summed E-state index contributed by atoms with van der Waals surface area (Å²) < 4.78 is 5.90. The van der Waals surface area contributed by atoms with Crippen LogP contribution in [0.3, 0.4) is 0 Å². The fourth-order valence-electron chi connectivity index (χ4n) is 1.67. The van der Waals surface area contributed by atoms with Gasteiger partial charge in [-0.1, -0.05) is 31.6 Å². The molecule has 0 aromatic rings. The van der Waals surface area contributed by atoms with Gasteiger partial charge in [-0.15, -0.1) is 0 Å². The lowest BCUT2D eigenvalue weighted by Gasteiger charge is -2.15. The van der Waals surface area contributed by atoms with Gasteiger partial charge in [-0.3, -0.25) is 0 Å². The predicted octanol–water partition coefficient (Wildman–Crippen LogP) is 2.47. The highest BCUT2D eigenvalue weighted by atomic mass is 16.5. The first-order chi connectivity index (χ1) is 8.27. The molecule has 0 unspecified atom stereocenters. The minimum absolute atomic E-state index is 0.249. The van der Waals surface area contributed by atoms with Crippen LogP contribution in [0.15, 0.2) is 35.8 Å². The molecule has 1 rings (SSSR count). The van der Waals surface area contributed by atoms with E-state index in [2.05, 4.69) is 18.3 Å². The number of ether oxygens (including phenoxy) is 1. The molecule has 3 nitrogen and oxygen atoms in total. The zero-order valence-electron chi connectivity index (χ0n) is 10.9. The van der Waals surface area contributed by atoms with Gasteiger partial charge in [0.2, 0.25) is 0 Å². The summed E-state index contributed by atoms with van der Waals surface area (Å²) in [4.78, 5) is 0. The summed E-state index contributed by atoms with van der Waals surface area (Å²) in [5.74, 6) is 0.786. The molecule has 96 valence electrons. The Kier molecular flexibility index (Phi) is 6.48. The van der Waals surface area contributed by atoms with E-state index in [4.69, 9.17) is 10.5 Å². The monoisotopic (exact) mass is 236 g/mol. The molecule has 1 heterocycles. The molecule has 1 fully saturated rings. The molecule has 0 bridgehead atoms. The van der Waals surface area contributed by atoms with Crippen LogP contribution < -0.4 is 11.1 Å². The number of rotatable bonds is 6. The second-order valence-electron chi connectivity index (χ2n) is 4.22. The molecule has 0 radical (unpaired) electrons. The van der Waals surface area contributed by atoms with Gasteiger partial charge in [-0.05, 0) is 32.4 Å². The predicted molar refractivity (Wildman–Crippen MR) is 72.4 cm³/mol. The molecular weight excluding hydrogens is 212 g/mol. The van der Waals surface area contributed by atoms with Crippen LogP contribution in [-0.4, -0.2) is 19.2 Å². The topological polar surface area (TPSA) is 47.3 Å². The molecular formula is C14H24N2O. The maximum absolute atomic E-state index is 5.92. The normalized spacial score (nSPS) is 22.4. The molecule has 0 saturated carbocycles. The van der Waals surface area contributed by atoms with Gasteiger partial charge in [0.25, 0.3) is 0 Å². The Morgan fingerprint density at radius 1 is 1.53 bits per heavy atom. The van der Waals surface area contributed by atoms with Gasteiger partial charge >= 0.3 is 0 Å². The molecule has 0 aromatic carbocycles. The summed E-state index contributed by atoms with van der Waals surface area (Å²) in [5, 5.41) is 3.28. The van der Waals surface area contributed by atoms with E-state index < -0.39 is 0 Å². The number of allylic oxidation sites excluding steroid dienone is 4. The molecule has 0 aliphatic carbocycles. The smallest absolute Gasteiger partial charge is 0.142 e. The number of nitrogens with two attached hydrogens (primary N) is 1. The van der Waals surface area contributed by atoms with Crippen LogP contribution in [0, 0.1) is 0 Å². The Labute approximate surface area is 104 Å². The van der Waals surface area contributed by atoms with Crippen molar-refractivity contribution >= 4 is 0 Å². The van der Waals surface area contributed by atoms with Gasteiger partial charge in [-0.25, -0.2) is 0 Å². The van der Waals surface area contributed by atoms with E-state index in [9.17, 15) is 0 Å².